The van der Waals surface area contributed by atoms with E-state index in [2.05, 4.69) is 59.1 Å². The van der Waals surface area contributed by atoms with Crippen molar-refractivity contribution in [3.8, 4) is 0 Å². The molecule has 0 aromatic heterocycles. The lowest BCUT2D eigenvalue weighted by Crippen LogP contribution is -2.39. The Bertz CT molecular complexity index is 308. The average Bonchev–Trinajstić information content (AvgIpc) is 2.21. The summed E-state index contributed by atoms with van der Waals surface area (Å²) >= 11 is 2.29. The van der Waals surface area contributed by atoms with Crippen LogP contribution < -0.4 is 5.32 Å². The summed E-state index contributed by atoms with van der Waals surface area (Å²) in [4.78, 5) is 0. The Morgan fingerprint density at radius 2 is 1.94 bits per heavy atom. The summed E-state index contributed by atoms with van der Waals surface area (Å²) in [5.41, 5.74) is 0.519. The van der Waals surface area contributed by atoms with E-state index in [0.29, 0.717) is 13.0 Å². The Balaban J connectivity index is 2.48. The van der Waals surface area contributed by atoms with Gasteiger partial charge >= 0.3 is 0 Å². The van der Waals surface area contributed by atoms with Crippen LogP contribution in [0.2, 0.25) is 0 Å². The van der Waals surface area contributed by atoms with Gasteiger partial charge in [0.15, 0.2) is 0 Å². The molecule has 0 aliphatic carbocycles. The van der Waals surface area contributed by atoms with Gasteiger partial charge in [0.1, 0.15) is 0 Å². The molecular weight excluding hydrogens is 313 g/mol. The highest BCUT2D eigenvalue weighted by atomic mass is 127. The molecular formula is C13H20INO. The first kappa shape index (κ1) is 13.9. The summed E-state index contributed by atoms with van der Waals surface area (Å²) < 4.78 is 1.23. The maximum absolute atomic E-state index is 10.2. The fourth-order valence-electron chi connectivity index (χ4n) is 1.64. The van der Waals surface area contributed by atoms with E-state index in [0.717, 1.165) is 13.0 Å². The SMILES string of the molecule is CCCNCC(C)(O)Cc1ccc(I)cc1. The van der Waals surface area contributed by atoms with Crippen molar-refractivity contribution in [2.24, 2.45) is 0 Å². The lowest BCUT2D eigenvalue weighted by atomic mass is 9.96. The second kappa shape index (κ2) is 6.57. The zero-order valence-corrected chi connectivity index (χ0v) is 12.1. The van der Waals surface area contributed by atoms with Crippen molar-refractivity contribution >= 4 is 22.6 Å². The Morgan fingerprint density at radius 1 is 1.31 bits per heavy atom. The molecule has 16 heavy (non-hydrogen) atoms. The number of rotatable bonds is 6. The van der Waals surface area contributed by atoms with Crippen molar-refractivity contribution in [3.63, 3.8) is 0 Å². The van der Waals surface area contributed by atoms with Crippen LogP contribution in [0.4, 0.5) is 0 Å². The van der Waals surface area contributed by atoms with Gasteiger partial charge < -0.3 is 10.4 Å². The van der Waals surface area contributed by atoms with Crippen LogP contribution in [0.1, 0.15) is 25.8 Å². The summed E-state index contributed by atoms with van der Waals surface area (Å²) in [5, 5.41) is 13.5. The number of halogens is 1. The molecule has 1 aromatic carbocycles. The van der Waals surface area contributed by atoms with Crippen LogP contribution in [0.5, 0.6) is 0 Å². The Labute approximate surface area is 112 Å². The van der Waals surface area contributed by atoms with Crippen molar-refractivity contribution in [2.75, 3.05) is 13.1 Å². The molecule has 0 aliphatic rings. The van der Waals surface area contributed by atoms with E-state index in [4.69, 9.17) is 0 Å². The minimum atomic E-state index is -0.665. The molecule has 0 amide bonds. The highest BCUT2D eigenvalue weighted by Crippen LogP contribution is 2.14. The second-order valence-electron chi connectivity index (χ2n) is 4.48. The first-order valence-corrected chi connectivity index (χ1v) is 6.79. The maximum atomic E-state index is 10.2. The van der Waals surface area contributed by atoms with E-state index in [9.17, 15) is 5.11 Å². The highest BCUT2D eigenvalue weighted by molar-refractivity contribution is 14.1. The van der Waals surface area contributed by atoms with Crippen molar-refractivity contribution in [1.82, 2.24) is 5.32 Å². The molecule has 0 heterocycles. The highest BCUT2D eigenvalue weighted by Gasteiger charge is 2.19. The first-order chi connectivity index (χ1) is 7.53. The van der Waals surface area contributed by atoms with Crippen LogP contribution in [0.25, 0.3) is 0 Å². The molecule has 0 fully saturated rings. The maximum Gasteiger partial charge on any atom is 0.0783 e. The van der Waals surface area contributed by atoms with Crippen molar-refractivity contribution < 1.29 is 5.11 Å². The van der Waals surface area contributed by atoms with Crippen molar-refractivity contribution in [2.45, 2.75) is 32.3 Å². The lowest BCUT2D eigenvalue weighted by molar-refractivity contribution is 0.0604. The van der Waals surface area contributed by atoms with E-state index < -0.39 is 5.60 Å². The quantitative estimate of drug-likeness (QED) is 0.620. The molecule has 1 aromatic rings. The first-order valence-electron chi connectivity index (χ1n) is 5.71. The molecule has 0 saturated carbocycles. The van der Waals surface area contributed by atoms with Crippen molar-refractivity contribution in [3.05, 3.63) is 33.4 Å². The van der Waals surface area contributed by atoms with Crippen LogP contribution >= 0.6 is 22.6 Å². The van der Waals surface area contributed by atoms with Gasteiger partial charge in [0.2, 0.25) is 0 Å². The molecule has 3 heteroatoms. The van der Waals surface area contributed by atoms with Gasteiger partial charge in [0, 0.05) is 16.5 Å². The van der Waals surface area contributed by atoms with Crippen LogP contribution in [0.15, 0.2) is 24.3 Å². The zero-order chi connectivity index (χ0) is 12.0. The van der Waals surface area contributed by atoms with Crippen molar-refractivity contribution in [1.29, 1.82) is 0 Å². The molecule has 1 atom stereocenters. The van der Waals surface area contributed by atoms with Gasteiger partial charge in [-0.3, -0.25) is 0 Å². The van der Waals surface area contributed by atoms with Gasteiger partial charge in [-0.15, -0.1) is 0 Å². The minimum Gasteiger partial charge on any atom is -0.389 e. The second-order valence-corrected chi connectivity index (χ2v) is 5.72. The summed E-state index contributed by atoms with van der Waals surface area (Å²) in [6.45, 7) is 5.62. The predicted molar refractivity (Wildman–Crippen MR) is 76.6 cm³/mol. The number of hydrogen-bond donors (Lipinski definition) is 2. The van der Waals surface area contributed by atoms with E-state index in [1.165, 1.54) is 9.13 Å². The summed E-state index contributed by atoms with van der Waals surface area (Å²) in [7, 11) is 0. The van der Waals surface area contributed by atoms with E-state index in [1.807, 2.05) is 6.92 Å². The third-order valence-electron chi connectivity index (χ3n) is 2.43. The largest absolute Gasteiger partial charge is 0.389 e. The van der Waals surface area contributed by atoms with Gasteiger partial charge in [-0.2, -0.15) is 0 Å². The van der Waals surface area contributed by atoms with E-state index in [1.54, 1.807) is 0 Å². The fourth-order valence-corrected chi connectivity index (χ4v) is 2.00. The summed E-state index contributed by atoms with van der Waals surface area (Å²) in [6, 6.07) is 8.31. The Hall–Kier alpha value is -0.130. The van der Waals surface area contributed by atoms with Crippen LogP contribution in [0.3, 0.4) is 0 Å². The molecule has 1 rings (SSSR count). The fraction of sp³-hybridized carbons (Fsp3) is 0.538. The van der Waals surface area contributed by atoms with Gasteiger partial charge in [-0.25, -0.2) is 0 Å². The summed E-state index contributed by atoms with van der Waals surface area (Å²) in [6.07, 6.45) is 1.79. The number of hydrogen-bond acceptors (Lipinski definition) is 2. The monoisotopic (exact) mass is 333 g/mol. The topological polar surface area (TPSA) is 32.3 Å². The molecule has 0 aliphatic heterocycles. The zero-order valence-electron chi connectivity index (χ0n) is 9.96. The molecule has 0 radical (unpaired) electrons. The van der Waals surface area contributed by atoms with Gasteiger partial charge in [-0.05, 0) is 60.2 Å². The predicted octanol–water partition coefficient (Wildman–Crippen LogP) is 2.58. The molecule has 0 bridgehead atoms. The van der Waals surface area contributed by atoms with Gasteiger partial charge in [0.05, 0.1) is 5.60 Å². The molecule has 2 nitrogen and oxygen atoms in total. The average molecular weight is 333 g/mol. The number of nitrogens with one attached hydrogen (secondary N) is 1. The minimum absolute atomic E-state index is 0.646. The molecule has 2 N–H and O–H groups in total. The smallest absolute Gasteiger partial charge is 0.0783 e. The lowest BCUT2D eigenvalue weighted by Gasteiger charge is -2.23. The normalized spacial score (nSPS) is 14.8. The standard InChI is InChI=1S/C13H20INO/c1-3-8-15-10-13(2,16)9-11-4-6-12(14)7-5-11/h4-7,15-16H,3,8-10H2,1-2H3. The van der Waals surface area contributed by atoms with Crippen LogP contribution in [0, 0.1) is 3.57 Å². The van der Waals surface area contributed by atoms with Gasteiger partial charge in [-0.1, -0.05) is 19.1 Å². The molecule has 1 unspecified atom stereocenters. The third kappa shape index (κ3) is 5.27. The molecule has 90 valence electrons. The Morgan fingerprint density at radius 3 is 2.50 bits per heavy atom. The molecule has 0 saturated heterocycles. The number of benzene rings is 1. The summed E-state index contributed by atoms with van der Waals surface area (Å²) in [5.74, 6) is 0. The third-order valence-corrected chi connectivity index (χ3v) is 3.15. The number of aliphatic hydroxyl groups is 1. The van der Waals surface area contributed by atoms with E-state index >= 15 is 0 Å². The Kier molecular flexibility index (Phi) is 5.72. The van der Waals surface area contributed by atoms with Crippen LogP contribution in [-0.4, -0.2) is 23.8 Å². The van der Waals surface area contributed by atoms with E-state index in [-0.39, 0.29) is 0 Å². The van der Waals surface area contributed by atoms with Gasteiger partial charge in [0.25, 0.3) is 0 Å². The molecule has 0 spiro atoms. The van der Waals surface area contributed by atoms with Crippen LogP contribution in [-0.2, 0) is 6.42 Å².